The maximum absolute atomic E-state index is 13.1. The summed E-state index contributed by atoms with van der Waals surface area (Å²) >= 11 is 0. The number of para-hydroxylation sites is 1. The Hall–Kier alpha value is -4.31. The van der Waals surface area contributed by atoms with Gasteiger partial charge in [0.05, 0.1) is 36.0 Å². The number of carbonyl (C=O) groups excluding carboxylic acids is 1. The topological polar surface area (TPSA) is 111 Å². The van der Waals surface area contributed by atoms with Crippen molar-refractivity contribution in [2.45, 2.75) is 46.3 Å². The van der Waals surface area contributed by atoms with Crippen LogP contribution < -0.4 is 20.7 Å². The molecule has 0 saturated carbocycles. The lowest BCUT2D eigenvalue weighted by Crippen LogP contribution is -2.36. The fourth-order valence-corrected chi connectivity index (χ4v) is 5.53. The van der Waals surface area contributed by atoms with E-state index in [1.54, 1.807) is 7.11 Å². The lowest BCUT2D eigenvalue weighted by Gasteiger charge is -2.29. The second kappa shape index (κ2) is 12.7. The Labute approximate surface area is 248 Å². The highest BCUT2D eigenvalue weighted by Crippen LogP contribution is 2.38. The molecule has 1 fully saturated rings. The third-order valence-electron chi connectivity index (χ3n) is 7.67. The number of nitrogens with one attached hydrogen (secondary N) is 1. The number of anilines is 4. The van der Waals surface area contributed by atoms with Gasteiger partial charge in [0, 0.05) is 61.6 Å². The van der Waals surface area contributed by atoms with Crippen LogP contribution in [0.25, 0.3) is 22.2 Å². The number of methoxy groups -OCH3 is 1. The molecule has 0 radical (unpaired) electrons. The number of hydrogen-bond acceptors (Lipinski definition) is 9. The number of nitrogens with two attached hydrogens (primary N) is 1. The van der Waals surface area contributed by atoms with Crippen LogP contribution >= 0.6 is 0 Å². The second-order valence-corrected chi connectivity index (χ2v) is 11.0. The molecule has 0 bridgehead atoms. The van der Waals surface area contributed by atoms with Gasteiger partial charge in [-0.15, -0.1) is 0 Å². The molecule has 4 aromatic rings. The maximum Gasteiger partial charge on any atom is 0.342 e. The Kier molecular flexibility index (Phi) is 9.26. The predicted molar refractivity (Wildman–Crippen MR) is 171 cm³/mol. The van der Waals surface area contributed by atoms with E-state index in [2.05, 4.69) is 34.2 Å². The Morgan fingerprint density at radius 1 is 1.24 bits per heavy atom. The molecule has 1 saturated heterocycles. The predicted octanol–water partition coefficient (Wildman–Crippen LogP) is 5.70. The van der Waals surface area contributed by atoms with Crippen LogP contribution in [0, 0.1) is 0 Å². The molecule has 0 amide bonds. The van der Waals surface area contributed by atoms with Crippen LogP contribution in [0.4, 0.5) is 23.0 Å². The van der Waals surface area contributed by atoms with Crippen LogP contribution in [0.3, 0.4) is 0 Å². The van der Waals surface area contributed by atoms with Crippen molar-refractivity contribution in [2.75, 3.05) is 50.2 Å². The van der Waals surface area contributed by atoms with Gasteiger partial charge in [-0.3, -0.25) is 0 Å². The largest absolute Gasteiger partial charge is 0.494 e. The SMILES string of the molecule is C.COc1cc(N(C)CC2CCCN2C)c(N)cc1Nc1ncc(C(=O)OC(C)C)c(-c2cn(C)c3ccccc23)n1. The summed E-state index contributed by atoms with van der Waals surface area (Å²) in [6.45, 7) is 5.63. The maximum atomic E-state index is 13.1. The minimum Gasteiger partial charge on any atom is -0.494 e. The third-order valence-corrected chi connectivity index (χ3v) is 7.67. The summed E-state index contributed by atoms with van der Waals surface area (Å²) in [5, 5.41) is 4.24. The fraction of sp³-hybridized carbons (Fsp3) is 0.406. The number of esters is 1. The summed E-state index contributed by atoms with van der Waals surface area (Å²) in [7, 11) is 7.82. The van der Waals surface area contributed by atoms with Crippen LogP contribution in [-0.2, 0) is 11.8 Å². The van der Waals surface area contributed by atoms with Crippen molar-refractivity contribution in [1.82, 2.24) is 19.4 Å². The molecule has 1 aliphatic heterocycles. The van der Waals surface area contributed by atoms with Gasteiger partial charge in [0.1, 0.15) is 11.3 Å². The van der Waals surface area contributed by atoms with Crippen LogP contribution in [0.1, 0.15) is 44.5 Å². The standard InChI is InChI=1S/C31H39N7O3.CH4/c1-19(2)41-30(39)22-16-33-31(35-29(22)23-18-38(5)26-12-8-7-11-21(23)26)34-25-14-24(32)27(15-28(25)40-6)37(4)17-20-10-9-13-36(20)3;/h7-8,11-12,14-16,18-20H,9-10,13,17,32H2,1-6H3,(H,33,34,35);1H4. The van der Waals surface area contributed by atoms with E-state index in [1.807, 2.05) is 68.1 Å². The first-order valence-electron chi connectivity index (χ1n) is 13.9. The van der Waals surface area contributed by atoms with E-state index in [0.29, 0.717) is 40.4 Å². The second-order valence-electron chi connectivity index (χ2n) is 11.0. The van der Waals surface area contributed by atoms with Gasteiger partial charge in [-0.05, 0) is 52.4 Å². The number of hydrogen-bond donors (Lipinski definition) is 2. The lowest BCUT2D eigenvalue weighted by atomic mass is 10.1. The number of nitrogen functional groups attached to an aromatic ring is 1. The van der Waals surface area contributed by atoms with Gasteiger partial charge in [0.25, 0.3) is 0 Å². The molecule has 1 unspecified atom stereocenters. The zero-order valence-corrected chi connectivity index (χ0v) is 24.6. The molecule has 3 N–H and O–H groups in total. The van der Waals surface area contributed by atoms with Gasteiger partial charge in [0.15, 0.2) is 0 Å². The number of aryl methyl sites for hydroxylation is 1. The first-order valence-corrected chi connectivity index (χ1v) is 13.9. The van der Waals surface area contributed by atoms with Gasteiger partial charge in [0.2, 0.25) is 5.95 Å². The molecule has 1 aliphatic rings. The van der Waals surface area contributed by atoms with Crippen LogP contribution in [0.15, 0.2) is 48.8 Å². The molecule has 10 heteroatoms. The number of nitrogens with zero attached hydrogens (tertiary/aromatic N) is 5. The van der Waals surface area contributed by atoms with E-state index in [9.17, 15) is 4.79 Å². The Morgan fingerprint density at radius 3 is 2.69 bits per heavy atom. The molecule has 2 aromatic heterocycles. The number of aromatic nitrogens is 3. The van der Waals surface area contributed by atoms with Crippen molar-refractivity contribution in [3.05, 3.63) is 54.4 Å². The molecule has 0 spiro atoms. The summed E-state index contributed by atoms with van der Waals surface area (Å²) in [5.74, 6) is 0.441. The monoisotopic (exact) mass is 573 g/mol. The molecule has 0 aliphatic carbocycles. The smallest absolute Gasteiger partial charge is 0.342 e. The minimum absolute atomic E-state index is 0. The van der Waals surface area contributed by atoms with E-state index in [1.165, 1.54) is 19.0 Å². The molecule has 3 heterocycles. The zero-order chi connectivity index (χ0) is 29.3. The van der Waals surface area contributed by atoms with Crippen molar-refractivity contribution in [2.24, 2.45) is 7.05 Å². The average Bonchev–Trinajstić information content (AvgIpc) is 3.50. The van der Waals surface area contributed by atoms with Gasteiger partial charge in [-0.1, -0.05) is 25.6 Å². The zero-order valence-electron chi connectivity index (χ0n) is 24.6. The van der Waals surface area contributed by atoms with Crippen molar-refractivity contribution in [3.63, 3.8) is 0 Å². The summed E-state index contributed by atoms with van der Waals surface area (Å²) in [6, 6.07) is 12.3. The van der Waals surface area contributed by atoms with E-state index < -0.39 is 5.97 Å². The van der Waals surface area contributed by atoms with Gasteiger partial charge in [-0.25, -0.2) is 14.8 Å². The highest BCUT2D eigenvalue weighted by molar-refractivity contribution is 6.03. The Bertz CT molecular complexity index is 1570. The summed E-state index contributed by atoms with van der Waals surface area (Å²) in [4.78, 5) is 26.9. The first-order chi connectivity index (χ1) is 19.7. The van der Waals surface area contributed by atoms with Crippen molar-refractivity contribution in [1.29, 1.82) is 0 Å². The van der Waals surface area contributed by atoms with Crippen LogP contribution in [-0.4, -0.2) is 71.8 Å². The van der Waals surface area contributed by atoms with Crippen LogP contribution in [0.5, 0.6) is 5.75 Å². The van der Waals surface area contributed by atoms with E-state index in [-0.39, 0.29) is 13.5 Å². The molecular weight excluding hydrogens is 530 g/mol. The van der Waals surface area contributed by atoms with Gasteiger partial charge in [-0.2, -0.15) is 0 Å². The van der Waals surface area contributed by atoms with Gasteiger partial charge < -0.3 is 34.9 Å². The third kappa shape index (κ3) is 6.13. The quantitative estimate of drug-likeness (QED) is 0.192. The molecular formula is C32H43N7O3. The number of likely N-dealkylation sites (N-methyl/N-ethyl adjacent to an activating group) is 2. The Morgan fingerprint density at radius 2 is 2.00 bits per heavy atom. The normalized spacial score (nSPS) is 15.1. The van der Waals surface area contributed by atoms with Crippen molar-refractivity contribution in [3.8, 4) is 17.0 Å². The van der Waals surface area contributed by atoms with E-state index in [0.717, 1.165) is 35.2 Å². The van der Waals surface area contributed by atoms with Crippen molar-refractivity contribution >= 4 is 39.9 Å². The Balaban J connectivity index is 0.00000405. The number of carbonyl (C=O) groups is 1. The fourth-order valence-electron chi connectivity index (χ4n) is 5.53. The number of fused-ring (bicyclic) bond motifs is 1. The van der Waals surface area contributed by atoms with E-state index in [4.69, 9.17) is 20.2 Å². The summed E-state index contributed by atoms with van der Waals surface area (Å²) in [5.41, 5.74) is 11.3. The summed E-state index contributed by atoms with van der Waals surface area (Å²) in [6.07, 6.45) is 5.58. The summed E-state index contributed by atoms with van der Waals surface area (Å²) < 4.78 is 13.3. The number of rotatable bonds is 9. The highest BCUT2D eigenvalue weighted by Gasteiger charge is 2.25. The first kappa shape index (κ1) is 30.6. The van der Waals surface area contributed by atoms with Crippen LogP contribution in [0.2, 0.25) is 0 Å². The lowest BCUT2D eigenvalue weighted by molar-refractivity contribution is 0.0378. The van der Waals surface area contributed by atoms with E-state index >= 15 is 0 Å². The number of benzene rings is 2. The molecule has 42 heavy (non-hydrogen) atoms. The number of ether oxygens (including phenoxy) is 2. The molecule has 5 rings (SSSR count). The molecule has 2 aromatic carbocycles. The molecule has 10 nitrogen and oxygen atoms in total. The molecule has 224 valence electrons. The number of likely N-dealkylation sites (tertiary alicyclic amines) is 1. The molecule has 1 atom stereocenters. The van der Waals surface area contributed by atoms with Gasteiger partial charge >= 0.3 is 5.97 Å². The van der Waals surface area contributed by atoms with Crippen molar-refractivity contribution < 1.29 is 14.3 Å². The average molecular weight is 574 g/mol. The minimum atomic E-state index is -0.475. The highest BCUT2D eigenvalue weighted by atomic mass is 16.5.